The minimum Gasteiger partial charge on any atom is -0.294 e. The molecule has 0 saturated heterocycles. The molecule has 1 aliphatic heterocycles. The van der Waals surface area contributed by atoms with Crippen molar-refractivity contribution in [3.8, 4) is 11.3 Å². The zero-order valence-electron chi connectivity index (χ0n) is 17.3. The van der Waals surface area contributed by atoms with E-state index in [1.807, 2.05) is 18.3 Å². The molecular weight excluding hydrogens is 448 g/mol. The number of nitro benzene ring substituents is 1. The predicted molar refractivity (Wildman–Crippen MR) is 123 cm³/mol. The van der Waals surface area contributed by atoms with Gasteiger partial charge in [0, 0.05) is 66.8 Å². The Morgan fingerprint density at radius 2 is 1.84 bits per heavy atom. The van der Waals surface area contributed by atoms with E-state index in [1.54, 1.807) is 47.7 Å². The second-order valence-corrected chi connectivity index (χ2v) is 11.0. The molecule has 10 heteroatoms. The third-order valence-corrected chi connectivity index (χ3v) is 7.87. The molecule has 0 amide bonds. The number of nitrogens with zero attached hydrogens (tertiary/aromatic N) is 4. The average molecular weight is 469 g/mol. The molecule has 2 aromatic carbocycles. The molecule has 5 rings (SSSR count). The highest BCUT2D eigenvalue weighted by Crippen LogP contribution is 2.32. The van der Waals surface area contributed by atoms with Crippen molar-refractivity contribution in [1.82, 2.24) is 14.3 Å². The first kappa shape index (κ1) is 20.8. The van der Waals surface area contributed by atoms with Crippen LogP contribution >= 0.6 is 11.3 Å². The van der Waals surface area contributed by atoms with Crippen molar-refractivity contribution in [2.45, 2.75) is 24.4 Å². The zero-order chi connectivity index (χ0) is 22.5. The van der Waals surface area contributed by atoms with E-state index in [9.17, 15) is 18.5 Å². The van der Waals surface area contributed by atoms with Gasteiger partial charge in [-0.25, -0.2) is 13.4 Å². The lowest BCUT2D eigenvalue weighted by Gasteiger charge is -2.26. The van der Waals surface area contributed by atoms with Crippen LogP contribution in [0, 0.1) is 10.1 Å². The Labute approximate surface area is 188 Å². The van der Waals surface area contributed by atoms with Crippen LogP contribution in [-0.4, -0.2) is 40.4 Å². The van der Waals surface area contributed by atoms with Crippen LogP contribution in [0.15, 0.2) is 59.6 Å². The third-order valence-electron chi connectivity index (χ3n) is 5.66. The topological polar surface area (TPSA) is 97.8 Å². The molecule has 8 nitrogen and oxygen atoms in total. The Kier molecular flexibility index (Phi) is 5.07. The molecule has 1 aliphatic rings. The number of hydrogen-bond acceptors (Lipinski definition) is 7. The van der Waals surface area contributed by atoms with Crippen molar-refractivity contribution in [2.75, 3.05) is 12.8 Å². The van der Waals surface area contributed by atoms with Crippen molar-refractivity contribution < 1.29 is 13.3 Å². The normalized spacial score (nSPS) is 14.5. The molecule has 0 aliphatic carbocycles. The smallest absolute Gasteiger partial charge is 0.269 e. The van der Waals surface area contributed by atoms with Gasteiger partial charge in [0.15, 0.2) is 14.8 Å². The molecule has 0 radical (unpaired) electrons. The number of imidazole rings is 1. The fourth-order valence-electron chi connectivity index (χ4n) is 3.99. The maximum Gasteiger partial charge on any atom is 0.269 e. The van der Waals surface area contributed by atoms with E-state index in [0.29, 0.717) is 4.90 Å². The molecular formula is C22H20N4O4S2. The Morgan fingerprint density at radius 1 is 1.12 bits per heavy atom. The van der Waals surface area contributed by atoms with Crippen LogP contribution in [0.25, 0.3) is 16.2 Å². The molecule has 0 fully saturated rings. The number of non-ortho nitro benzene ring substituents is 1. The summed E-state index contributed by atoms with van der Waals surface area (Å²) in [6, 6.07) is 13.5. The summed E-state index contributed by atoms with van der Waals surface area (Å²) in [4.78, 5) is 20.1. The molecule has 164 valence electrons. The molecule has 0 unspecified atom stereocenters. The van der Waals surface area contributed by atoms with Gasteiger partial charge >= 0.3 is 0 Å². The predicted octanol–water partition coefficient (Wildman–Crippen LogP) is 3.93. The maximum absolute atomic E-state index is 11.7. The Morgan fingerprint density at radius 3 is 2.50 bits per heavy atom. The molecule has 32 heavy (non-hydrogen) atoms. The van der Waals surface area contributed by atoms with Gasteiger partial charge in [-0.3, -0.25) is 19.4 Å². The summed E-state index contributed by atoms with van der Waals surface area (Å²) in [7, 11) is -3.22. The molecule has 4 aromatic rings. The van der Waals surface area contributed by atoms with Crippen LogP contribution in [0.4, 0.5) is 5.69 Å². The van der Waals surface area contributed by atoms with Gasteiger partial charge in [0.05, 0.1) is 15.5 Å². The molecule has 0 N–H and O–H groups in total. The van der Waals surface area contributed by atoms with Gasteiger partial charge in [-0.15, -0.1) is 0 Å². The van der Waals surface area contributed by atoms with Crippen molar-refractivity contribution >= 4 is 31.8 Å². The first-order valence-electron chi connectivity index (χ1n) is 10.0. The van der Waals surface area contributed by atoms with Gasteiger partial charge in [0.25, 0.3) is 5.69 Å². The second-order valence-electron chi connectivity index (χ2n) is 7.93. The lowest BCUT2D eigenvalue weighted by Crippen LogP contribution is -2.29. The number of benzene rings is 2. The van der Waals surface area contributed by atoms with Gasteiger partial charge in [0.2, 0.25) is 0 Å². The van der Waals surface area contributed by atoms with Crippen LogP contribution in [0.2, 0.25) is 0 Å². The third kappa shape index (κ3) is 3.92. The maximum atomic E-state index is 11.7. The minimum absolute atomic E-state index is 0.107. The molecule has 0 spiro atoms. The van der Waals surface area contributed by atoms with Crippen molar-refractivity contribution in [3.05, 3.63) is 81.0 Å². The monoisotopic (exact) mass is 468 g/mol. The van der Waals surface area contributed by atoms with Crippen LogP contribution in [0.1, 0.15) is 16.1 Å². The van der Waals surface area contributed by atoms with Crippen molar-refractivity contribution in [3.63, 3.8) is 0 Å². The number of rotatable bonds is 5. The highest BCUT2D eigenvalue weighted by atomic mass is 32.2. The Balaban J connectivity index is 1.34. The standard InChI is InChI=1S/C22H20N4O4S2/c1-32(29,30)18-8-4-16(5-9-18)19-13-25-20-10-11-24(14-21(20)31-22(25)23-19)12-15-2-6-17(7-3-15)26(27)28/h2-9,13H,10-12,14H2,1H3. The van der Waals surface area contributed by atoms with Crippen LogP contribution in [0.3, 0.4) is 0 Å². The summed E-state index contributed by atoms with van der Waals surface area (Å²) in [6.07, 6.45) is 4.11. The fraction of sp³-hybridized carbons (Fsp3) is 0.227. The Hall–Kier alpha value is -3.08. The zero-order valence-corrected chi connectivity index (χ0v) is 18.9. The van der Waals surface area contributed by atoms with Crippen molar-refractivity contribution in [2.24, 2.45) is 0 Å². The van der Waals surface area contributed by atoms with Gasteiger partial charge in [-0.2, -0.15) is 0 Å². The lowest BCUT2D eigenvalue weighted by atomic mass is 10.1. The van der Waals surface area contributed by atoms with E-state index >= 15 is 0 Å². The van der Waals surface area contributed by atoms with Crippen LogP contribution < -0.4 is 0 Å². The summed E-state index contributed by atoms with van der Waals surface area (Å²) >= 11 is 1.67. The van der Waals surface area contributed by atoms with Crippen molar-refractivity contribution in [1.29, 1.82) is 0 Å². The summed E-state index contributed by atoms with van der Waals surface area (Å²) in [5, 5.41) is 10.8. The first-order valence-corrected chi connectivity index (χ1v) is 12.7. The minimum atomic E-state index is -3.22. The summed E-state index contributed by atoms with van der Waals surface area (Å²) in [5.41, 5.74) is 4.14. The van der Waals surface area contributed by atoms with E-state index in [1.165, 1.54) is 16.8 Å². The molecule has 0 saturated carbocycles. The van der Waals surface area contributed by atoms with E-state index < -0.39 is 9.84 Å². The Bertz CT molecular complexity index is 1420. The molecule has 0 atom stereocenters. The molecule has 3 heterocycles. The van der Waals surface area contributed by atoms with E-state index in [2.05, 4.69) is 9.30 Å². The number of sulfone groups is 1. The average Bonchev–Trinajstić information content (AvgIpc) is 3.31. The highest BCUT2D eigenvalue weighted by molar-refractivity contribution is 7.90. The summed E-state index contributed by atoms with van der Waals surface area (Å²) < 4.78 is 25.5. The number of fused-ring (bicyclic) bond motifs is 3. The van der Waals surface area contributed by atoms with E-state index in [0.717, 1.165) is 47.8 Å². The first-order chi connectivity index (χ1) is 15.3. The summed E-state index contributed by atoms with van der Waals surface area (Å²) in [5.74, 6) is 0. The van der Waals surface area contributed by atoms with Gasteiger partial charge in [-0.05, 0) is 17.7 Å². The van der Waals surface area contributed by atoms with Crippen LogP contribution in [-0.2, 0) is 29.3 Å². The highest BCUT2D eigenvalue weighted by Gasteiger charge is 2.23. The van der Waals surface area contributed by atoms with Gasteiger partial charge in [0.1, 0.15) is 0 Å². The number of aromatic nitrogens is 2. The van der Waals surface area contributed by atoms with Gasteiger partial charge < -0.3 is 0 Å². The SMILES string of the molecule is CS(=O)(=O)c1ccc(-c2cn3c4c(sc3n2)CN(Cc2ccc([N+](=O)[O-])cc2)CC4)cc1. The number of thiazole rings is 1. The lowest BCUT2D eigenvalue weighted by molar-refractivity contribution is -0.384. The second kappa shape index (κ2) is 7.80. The van der Waals surface area contributed by atoms with E-state index in [4.69, 9.17) is 4.98 Å². The fourth-order valence-corrected chi connectivity index (χ4v) is 5.81. The van der Waals surface area contributed by atoms with Crippen LogP contribution in [0.5, 0.6) is 0 Å². The largest absolute Gasteiger partial charge is 0.294 e. The number of hydrogen-bond donors (Lipinski definition) is 0. The molecule has 2 aromatic heterocycles. The number of nitro groups is 1. The quantitative estimate of drug-likeness (QED) is 0.325. The van der Waals surface area contributed by atoms with Gasteiger partial charge in [-0.1, -0.05) is 35.6 Å². The van der Waals surface area contributed by atoms with E-state index in [-0.39, 0.29) is 10.6 Å². The molecule has 0 bridgehead atoms. The summed E-state index contributed by atoms with van der Waals surface area (Å²) in [6.45, 7) is 2.46.